The highest BCUT2D eigenvalue weighted by Gasteiger charge is 2.31. The molecule has 0 heterocycles. The van der Waals surface area contributed by atoms with Crippen LogP contribution in [0.2, 0.25) is 0 Å². The molecule has 0 radical (unpaired) electrons. The first kappa shape index (κ1) is 16.7. The van der Waals surface area contributed by atoms with Gasteiger partial charge in [0, 0.05) is 13.6 Å². The summed E-state index contributed by atoms with van der Waals surface area (Å²) in [4.78, 5) is 13.7. The lowest BCUT2D eigenvalue weighted by molar-refractivity contribution is 0.113. The summed E-state index contributed by atoms with van der Waals surface area (Å²) in [5, 5.41) is 12.8. The van der Waals surface area contributed by atoms with E-state index in [9.17, 15) is 14.3 Å². The molecule has 0 saturated heterocycles. The summed E-state index contributed by atoms with van der Waals surface area (Å²) in [5.41, 5.74) is 2.03. The Morgan fingerprint density at radius 2 is 1.95 bits per heavy atom. The highest BCUT2D eigenvalue weighted by atomic mass is 19.1. The molecule has 122 valence electrons. The van der Waals surface area contributed by atoms with E-state index < -0.39 is 6.10 Å². The minimum Gasteiger partial charge on any atom is -0.391 e. The molecule has 1 saturated carbocycles. The molecule has 0 bridgehead atoms. The number of aliphatic hydroxyl groups excluding tert-OH is 1. The van der Waals surface area contributed by atoms with Crippen LogP contribution < -0.4 is 5.32 Å². The number of aryl methyl sites for hydroxylation is 2. The molecular weight excluding hydrogens is 283 g/mol. The molecule has 1 fully saturated rings. The number of benzene rings is 1. The smallest absolute Gasteiger partial charge is 0.317 e. The van der Waals surface area contributed by atoms with E-state index in [1.165, 1.54) is 4.90 Å². The second kappa shape index (κ2) is 6.65. The van der Waals surface area contributed by atoms with Crippen LogP contribution in [0.1, 0.15) is 42.5 Å². The molecule has 2 rings (SSSR count). The molecule has 2 amide bonds. The molecule has 1 aromatic rings. The SMILES string of the molecule is Cc1cc(C(C)NC(=O)N(C)CC(O)C2CC2)cc(C)c1F. The number of likely N-dealkylation sites (N-methyl/N-ethyl adjacent to an activating group) is 1. The van der Waals surface area contributed by atoms with Crippen molar-refractivity contribution in [3.63, 3.8) is 0 Å². The number of carbonyl (C=O) groups excluding carboxylic acids is 1. The van der Waals surface area contributed by atoms with Crippen LogP contribution in [-0.4, -0.2) is 35.7 Å². The van der Waals surface area contributed by atoms with Crippen LogP contribution in [0.3, 0.4) is 0 Å². The number of nitrogens with zero attached hydrogens (tertiary/aromatic N) is 1. The van der Waals surface area contributed by atoms with Gasteiger partial charge in [-0.25, -0.2) is 9.18 Å². The number of nitrogens with one attached hydrogen (secondary N) is 1. The van der Waals surface area contributed by atoms with Gasteiger partial charge in [0.2, 0.25) is 0 Å². The van der Waals surface area contributed by atoms with Gasteiger partial charge in [-0.2, -0.15) is 0 Å². The molecule has 0 spiro atoms. The van der Waals surface area contributed by atoms with Crippen LogP contribution in [0.4, 0.5) is 9.18 Å². The number of amides is 2. The zero-order valence-corrected chi connectivity index (χ0v) is 13.7. The Hall–Kier alpha value is -1.62. The van der Waals surface area contributed by atoms with Crippen molar-refractivity contribution in [2.75, 3.05) is 13.6 Å². The summed E-state index contributed by atoms with van der Waals surface area (Å²) in [6, 6.07) is 3.07. The van der Waals surface area contributed by atoms with Gasteiger partial charge in [-0.1, -0.05) is 12.1 Å². The van der Waals surface area contributed by atoms with Gasteiger partial charge >= 0.3 is 6.03 Å². The Balaban J connectivity index is 1.95. The van der Waals surface area contributed by atoms with Crippen LogP contribution in [0, 0.1) is 25.6 Å². The van der Waals surface area contributed by atoms with Crippen molar-refractivity contribution in [2.24, 2.45) is 5.92 Å². The molecular formula is C17H25FN2O2. The minimum absolute atomic E-state index is 0.202. The van der Waals surface area contributed by atoms with E-state index in [-0.39, 0.29) is 17.9 Å². The molecule has 1 aliphatic rings. The van der Waals surface area contributed by atoms with Crippen LogP contribution >= 0.6 is 0 Å². The van der Waals surface area contributed by atoms with Gasteiger partial charge in [-0.05, 0) is 56.2 Å². The van der Waals surface area contributed by atoms with Gasteiger partial charge in [0.1, 0.15) is 5.82 Å². The summed E-state index contributed by atoms with van der Waals surface area (Å²) in [6.45, 7) is 5.65. The first-order valence-corrected chi connectivity index (χ1v) is 7.76. The van der Waals surface area contributed by atoms with Gasteiger partial charge in [-0.15, -0.1) is 0 Å². The zero-order valence-electron chi connectivity index (χ0n) is 13.7. The van der Waals surface area contributed by atoms with Crippen molar-refractivity contribution in [3.8, 4) is 0 Å². The maximum atomic E-state index is 13.7. The summed E-state index contributed by atoms with van der Waals surface area (Å²) >= 11 is 0. The third-order valence-corrected chi connectivity index (χ3v) is 4.27. The predicted octanol–water partition coefficient (Wildman–Crippen LogP) is 2.92. The van der Waals surface area contributed by atoms with Crippen LogP contribution in [-0.2, 0) is 0 Å². The Morgan fingerprint density at radius 3 is 2.45 bits per heavy atom. The zero-order chi connectivity index (χ0) is 16.4. The van der Waals surface area contributed by atoms with Crippen LogP contribution in [0.5, 0.6) is 0 Å². The maximum absolute atomic E-state index is 13.7. The van der Waals surface area contributed by atoms with Gasteiger partial charge < -0.3 is 15.3 Å². The fourth-order valence-electron chi connectivity index (χ4n) is 2.60. The van der Waals surface area contributed by atoms with E-state index in [2.05, 4.69) is 5.32 Å². The van der Waals surface area contributed by atoms with Crippen molar-refractivity contribution < 1.29 is 14.3 Å². The highest BCUT2D eigenvalue weighted by molar-refractivity contribution is 5.74. The molecule has 22 heavy (non-hydrogen) atoms. The van der Waals surface area contributed by atoms with Gasteiger partial charge in [0.15, 0.2) is 0 Å². The molecule has 2 N–H and O–H groups in total. The molecule has 0 aromatic heterocycles. The maximum Gasteiger partial charge on any atom is 0.317 e. The number of rotatable bonds is 5. The van der Waals surface area contributed by atoms with Gasteiger partial charge in [0.05, 0.1) is 12.1 Å². The highest BCUT2D eigenvalue weighted by Crippen LogP contribution is 2.32. The fourth-order valence-corrected chi connectivity index (χ4v) is 2.60. The second-order valence-corrected chi connectivity index (χ2v) is 6.43. The van der Waals surface area contributed by atoms with E-state index in [1.54, 1.807) is 33.0 Å². The van der Waals surface area contributed by atoms with Crippen LogP contribution in [0.15, 0.2) is 12.1 Å². The molecule has 0 aliphatic heterocycles. The number of carbonyl (C=O) groups is 1. The van der Waals surface area contributed by atoms with Crippen molar-refractivity contribution in [2.45, 2.75) is 45.8 Å². The Bertz CT molecular complexity index is 535. The van der Waals surface area contributed by atoms with Crippen LogP contribution in [0.25, 0.3) is 0 Å². The monoisotopic (exact) mass is 308 g/mol. The number of halogens is 1. The Kier molecular flexibility index (Phi) is 5.06. The third-order valence-electron chi connectivity index (χ3n) is 4.27. The average molecular weight is 308 g/mol. The number of hydrogen-bond donors (Lipinski definition) is 2. The topological polar surface area (TPSA) is 52.6 Å². The summed E-state index contributed by atoms with van der Waals surface area (Å²) in [6.07, 6.45) is 1.64. The summed E-state index contributed by atoms with van der Waals surface area (Å²) < 4.78 is 13.7. The quantitative estimate of drug-likeness (QED) is 0.879. The number of hydrogen-bond acceptors (Lipinski definition) is 2. The molecule has 2 atom stereocenters. The van der Waals surface area contributed by atoms with Gasteiger partial charge in [0.25, 0.3) is 0 Å². The molecule has 4 nitrogen and oxygen atoms in total. The van der Waals surface area contributed by atoms with Gasteiger partial charge in [-0.3, -0.25) is 0 Å². The van der Waals surface area contributed by atoms with Crippen molar-refractivity contribution in [1.82, 2.24) is 10.2 Å². The second-order valence-electron chi connectivity index (χ2n) is 6.43. The van der Waals surface area contributed by atoms with Crippen molar-refractivity contribution in [3.05, 3.63) is 34.6 Å². The summed E-state index contributed by atoms with van der Waals surface area (Å²) in [7, 11) is 1.68. The minimum atomic E-state index is -0.443. The lowest BCUT2D eigenvalue weighted by Gasteiger charge is -2.24. The first-order chi connectivity index (χ1) is 10.3. The lowest BCUT2D eigenvalue weighted by Crippen LogP contribution is -2.42. The standard InChI is InChI=1S/C17H25FN2O2/c1-10-7-14(8-11(2)16(10)18)12(3)19-17(22)20(4)9-15(21)13-5-6-13/h7-8,12-13,15,21H,5-6,9H2,1-4H3,(H,19,22). The van der Waals surface area contributed by atoms with E-state index in [4.69, 9.17) is 0 Å². The predicted molar refractivity (Wildman–Crippen MR) is 84.2 cm³/mol. The van der Waals surface area contributed by atoms with E-state index in [1.807, 2.05) is 6.92 Å². The number of urea groups is 1. The van der Waals surface area contributed by atoms with Crippen molar-refractivity contribution in [1.29, 1.82) is 0 Å². The van der Waals surface area contributed by atoms with E-state index >= 15 is 0 Å². The number of aliphatic hydroxyl groups is 1. The summed E-state index contributed by atoms with van der Waals surface area (Å²) in [5.74, 6) is 0.141. The molecule has 5 heteroatoms. The largest absolute Gasteiger partial charge is 0.391 e. The van der Waals surface area contributed by atoms with Crippen molar-refractivity contribution >= 4 is 6.03 Å². The molecule has 1 aromatic carbocycles. The van der Waals surface area contributed by atoms with E-state index in [0.29, 0.717) is 23.6 Å². The molecule has 1 aliphatic carbocycles. The van der Waals surface area contributed by atoms with E-state index in [0.717, 1.165) is 18.4 Å². The fraction of sp³-hybridized carbons (Fsp3) is 0.588. The lowest BCUT2D eigenvalue weighted by atomic mass is 10.0. The molecule has 2 unspecified atom stereocenters. The normalized spacial score (nSPS) is 17.0. The Labute approximate surface area is 131 Å². The Morgan fingerprint density at radius 1 is 1.41 bits per heavy atom. The average Bonchev–Trinajstić information content (AvgIpc) is 3.28. The third kappa shape index (κ3) is 3.97. The first-order valence-electron chi connectivity index (χ1n) is 7.76.